The minimum absolute atomic E-state index is 0.410. The fraction of sp³-hybridized carbons (Fsp3) is 0.524. The SMILES string of the molecule is CN(c1ccccc1)c1cc(NCC2CNCCC23CCOCC3)ncn1. The Morgan fingerprint density at radius 1 is 1.19 bits per heavy atom. The van der Waals surface area contributed by atoms with Gasteiger partial charge in [0.1, 0.15) is 18.0 Å². The Morgan fingerprint density at radius 2 is 2.00 bits per heavy atom. The molecule has 27 heavy (non-hydrogen) atoms. The first kappa shape index (κ1) is 18.2. The minimum atomic E-state index is 0.410. The summed E-state index contributed by atoms with van der Waals surface area (Å²) < 4.78 is 5.63. The molecule has 2 aliphatic rings. The van der Waals surface area contributed by atoms with Crippen LogP contribution in [0.2, 0.25) is 0 Å². The summed E-state index contributed by atoms with van der Waals surface area (Å²) in [5, 5.41) is 7.15. The predicted octanol–water partition coefficient (Wildman–Crippen LogP) is 3.06. The smallest absolute Gasteiger partial charge is 0.138 e. The monoisotopic (exact) mass is 367 g/mol. The van der Waals surface area contributed by atoms with E-state index in [0.29, 0.717) is 11.3 Å². The Balaban J connectivity index is 1.44. The zero-order valence-electron chi connectivity index (χ0n) is 16.0. The third kappa shape index (κ3) is 4.06. The molecule has 0 aliphatic carbocycles. The summed E-state index contributed by atoms with van der Waals surface area (Å²) in [4.78, 5) is 11.0. The van der Waals surface area contributed by atoms with E-state index in [4.69, 9.17) is 4.74 Å². The lowest BCUT2D eigenvalue weighted by atomic mass is 9.66. The van der Waals surface area contributed by atoms with Crippen molar-refractivity contribution < 1.29 is 4.74 Å². The molecular weight excluding hydrogens is 338 g/mol. The number of rotatable bonds is 5. The number of aromatic nitrogens is 2. The second-order valence-corrected chi connectivity index (χ2v) is 7.66. The van der Waals surface area contributed by atoms with Gasteiger partial charge >= 0.3 is 0 Å². The first-order valence-electron chi connectivity index (χ1n) is 9.90. The third-order valence-corrected chi connectivity index (χ3v) is 6.21. The average Bonchev–Trinajstić information content (AvgIpc) is 2.74. The van der Waals surface area contributed by atoms with E-state index in [1.165, 1.54) is 19.3 Å². The van der Waals surface area contributed by atoms with Crippen LogP contribution in [0.5, 0.6) is 0 Å². The van der Waals surface area contributed by atoms with Crippen molar-refractivity contribution in [3.8, 4) is 0 Å². The highest BCUT2D eigenvalue weighted by Crippen LogP contribution is 2.43. The van der Waals surface area contributed by atoms with Crippen LogP contribution >= 0.6 is 0 Å². The molecule has 3 heterocycles. The first-order chi connectivity index (χ1) is 13.3. The van der Waals surface area contributed by atoms with Gasteiger partial charge < -0.3 is 20.3 Å². The normalized spacial score (nSPS) is 21.7. The fourth-order valence-electron chi connectivity index (χ4n) is 4.40. The quantitative estimate of drug-likeness (QED) is 0.847. The van der Waals surface area contributed by atoms with Crippen LogP contribution in [-0.4, -0.2) is 49.9 Å². The molecule has 1 unspecified atom stereocenters. The minimum Gasteiger partial charge on any atom is -0.381 e. The average molecular weight is 367 g/mol. The third-order valence-electron chi connectivity index (χ3n) is 6.21. The standard InChI is InChI=1S/C21H29N5O/c1-26(18-5-3-2-4-6-18)20-13-19(24-16-25-20)23-15-17-14-22-10-7-21(17)8-11-27-12-9-21/h2-6,13,16-17,22H,7-12,14-15H2,1H3,(H,23,24,25). The van der Waals surface area contributed by atoms with Crippen LogP contribution in [0.1, 0.15) is 19.3 Å². The van der Waals surface area contributed by atoms with Crippen molar-refractivity contribution in [1.29, 1.82) is 0 Å². The summed E-state index contributed by atoms with van der Waals surface area (Å²) in [5.41, 5.74) is 1.52. The second kappa shape index (κ2) is 8.23. The number of piperidine rings is 1. The van der Waals surface area contributed by atoms with Crippen LogP contribution < -0.4 is 15.5 Å². The van der Waals surface area contributed by atoms with Crippen LogP contribution in [0.25, 0.3) is 0 Å². The zero-order chi connectivity index (χ0) is 18.5. The summed E-state index contributed by atoms with van der Waals surface area (Å²) in [7, 11) is 2.03. The van der Waals surface area contributed by atoms with Gasteiger partial charge in [0.2, 0.25) is 0 Å². The van der Waals surface area contributed by atoms with Gasteiger partial charge in [0.25, 0.3) is 0 Å². The molecule has 2 fully saturated rings. The van der Waals surface area contributed by atoms with Gasteiger partial charge in [0.05, 0.1) is 0 Å². The van der Waals surface area contributed by atoms with Crippen molar-refractivity contribution in [3.63, 3.8) is 0 Å². The molecule has 6 heteroatoms. The van der Waals surface area contributed by atoms with E-state index < -0.39 is 0 Å². The summed E-state index contributed by atoms with van der Waals surface area (Å²) in [6, 6.07) is 12.3. The van der Waals surface area contributed by atoms with Gasteiger partial charge in [0, 0.05) is 45.1 Å². The molecule has 2 saturated heterocycles. The number of hydrogen-bond acceptors (Lipinski definition) is 6. The lowest BCUT2D eigenvalue weighted by molar-refractivity contribution is -0.0303. The summed E-state index contributed by atoms with van der Waals surface area (Å²) >= 11 is 0. The number of para-hydroxylation sites is 1. The van der Waals surface area contributed by atoms with Gasteiger partial charge in [-0.05, 0) is 49.3 Å². The molecule has 2 aliphatic heterocycles. The molecule has 6 nitrogen and oxygen atoms in total. The topological polar surface area (TPSA) is 62.3 Å². The maximum atomic E-state index is 5.63. The molecular formula is C21H29N5O. The molecule has 2 N–H and O–H groups in total. The lowest BCUT2D eigenvalue weighted by Gasteiger charge is -2.47. The fourth-order valence-corrected chi connectivity index (χ4v) is 4.40. The summed E-state index contributed by atoms with van der Waals surface area (Å²) in [5.74, 6) is 2.37. The van der Waals surface area contributed by atoms with Crippen LogP contribution in [0.15, 0.2) is 42.7 Å². The zero-order valence-corrected chi connectivity index (χ0v) is 16.0. The van der Waals surface area contributed by atoms with Gasteiger partial charge in [-0.25, -0.2) is 9.97 Å². The van der Waals surface area contributed by atoms with Crippen molar-refractivity contribution in [2.45, 2.75) is 19.3 Å². The Morgan fingerprint density at radius 3 is 2.81 bits per heavy atom. The van der Waals surface area contributed by atoms with Crippen LogP contribution in [0.3, 0.4) is 0 Å². The van der Waals surface area contributed by atoms with Crippen molar-refractivity contribution in [1.82, 2.24) is 15.3 Å². The van der Waals surface area contributed by atoms with Crippen molar-refractivity contribution in [2.75, 3.05) is 50.1 Å². The van der Waals surface area contributed by atoms with E-state index in [-0.39, 0.29) is 0 Å². The second-order valence-electron chi connectivity index (χ2n) is 7.66. The molecule has 0 saturated carbocycles. The molecule has 1 aromatic heterocycles. The molecule has 4 rings (SSSR count). The maximum Gasteiger partial charge on any atom is 0.138 e. The van der Waals surface area contributed by atoms with Gasteiger partial charge in [-0.2, -0.15) is 0 Å². The molecule has 1 spiro atoms. The maximum absolute atomic E-state index is 5.63. The highest BCUT2D eigenvalue weighted by molar-refractivity contribution is 5.61. The van der Waals surface area contributed by atoms with Crippen molar-refractivity contribution in [2.24, 2.45) is 11.3 Å². The molecule has 0 amide bonds. The molecule has 2 aromatic rings. The van der Waals surface area contributed by atoms with Crippen LogP contribution in [-0.2, 0) is 4.74 Å². The molecule has 144 valence electrons. The van der Waals surface area contributed by atoms with Gasteiger partial charge in [-0.3, -0.25) is 0 Å². The predicted molar refractivity (Wildman–Crippen MR) is 108 cm³/mol. The Labute approximate surface area is 161 Å². The number of nitrogens with zero attached hydrogens (tertiary/aromatic N) is 3. The number of nitrogens with one attached hydrogen (secondary N) is 2. The van der Waals surface area contributed by atoms with Gasteiger partial charge in [0.15, 0.2) is 0 Å². The summed E-state index contributed by atoms with van der Waals surface area (Å²) in [6.07, 6.45) is 5.23. The Kier molecular flexibility index (Phi) is 5.55. The Hall–Kier alpha value is -2.18. The van der Waals surface area contributed by atoms with Crippen molar-refractivity contribution >= 4 is 17.3 Å². The van der Waals surface area contributed by atoms with E-state index in [9.17, 15) is 0 Å². The van der Waals surface area contributed by atoms with E-state index in [1.807, 2.05) is 31.3 Å². The van der Waals surface area contributed by atoms with Gasteiger partial charge in [-0.15, -0.1) is 0 Å². The van der Waals surface area contributed by atoms with Crippen LogP contribution in [0.4, 0.5) is 17.3 Å². The molecule has 0 radical (unpaired) electrons. The van der Waals surface area contributed by atoms with E-state index in [1.54, 1.807) is 6.33 Å². The van der Waals surface area contributed by atoms with E-state index in [0.717, 1.165) is 50.2 Å². The number of benzene rings is 1. The molecule has 1 atom stereocenters. The number of ether oxygens (including phenoxy) is 1. The lowest BCUT2D eigenvalue weighted by Crippen LogP contribution is -2.50. The number of hydrogen-bond donors (Lipinski definition) is 2. The van der Waals surface area contributed by atoms with Crippen LogP contribution in [0, 0.1) is 11.3 Å². The highest BCUT2D eigenvalue weighted by atomic mass is 16.5. The van der Waals surface area contributed by atoms with Gasteiger partial charge in [-0.1, -0.05) is 18.2 Å². The first-order valence-corrected chi connectivity index (χ1v) is 9.90. The summed E-state index contributed by atoms with van der Waals surface area (Å²) in [6.45, 7) is 4.91. The van der Waals surface area contributed by atoms with E-state index >= 15 is 0 Å². The van der Waals surface area contributed by atoms with Crippen molar-refractivity contribution in [3.05, 3.63) is 42.7 Å². The largest absolute Gasteiger partial charge is 0.381 e. The molecule has 0 bridgehead atoms. The Bertz CT molecular complexity index is 724. The van der Waals surface area contributed by atoms with E-state index in [2.05, 4.69) is 37.6 Å². The highest BCUT2D eigenvalue weighted by Gasteiger charge is 2.41. The number of anilines is 3. The molecule has 1 aromatic carbocycles.